The number of aromatic nitrogens is 1. The average molecular weight is 484 g/mol. The molecule has 3 amide bonds. The van der Waals surface area contributed by atoms with Gasteiger partial charge in [-0.05, 0) is 79.2 Å². The van der Waals surface area contributed by atoms with Crippen molar-refractivity contribution in [3.63, 3.8) is 0 Å². The SMILES string of the molecule is Cc1ccc(NC(=O)Nc2ccc(Cl)cc2)cc1Nc1ccc2c(c1)NC(=O)/C2=C/c1ccc[nH]1. The first-order valence-electron chi connectivity index (χ1n) is 11.0. The van der Waals surface area contributed by atoms with Crippen LogP contribution in [0.5, 0.6) is 0 Å². The highest BCUT2D eigenvalue weighted by molar-refractivity contribution is 6.35. The number of urea groups is 1. The molecule has 1 aliphatic heterocycles. The average Bonchev–Trinajstić information content (AvgIpc) is 3.45. The summed E-state index contributed by atoms with van der Waals surface area (Å²) < 4.78 is 0. The van der Waals surface area contributed by atoms with Gasteiger partial charge in [-0.25, -0.2) is 4.79 Å². The molecule has 35 heavy (non-hydrogen) atoms. The van der Waals surface area contributed by atoms with Crippen LogP contribution in [0, 0.1) is 6.92 Å². The second-order valence-corrected chi connectivity index (χ2v) is 8.58. The lowest BCUT2D eigenvalue weighted by atomic mass is 10.1. The van der Waals surface area contributed by atoms with Gasteiger partial charge in [0.05, 0.1) is 11.3 Å². The molecule has 0 saturated heterocycles. The number of rotatable bonds is 5. The number of nitrogens with one attached hydrogen (secondary N) is 5. The number of fused-ring (bicyclic) bond motifs is 1. The molecule has 0 saturated carbocycles. The summed E-state index contributed by atoms with van der Waals surface area (Å²) in [6, 6.07) is 21.7. The van der Waals surface area contributed by atoms with Crippen molar-refractivity contribution in [1.82, 2.24) is 4.98 Å². The van der Waals surface area contributed by atoms with E-state index in [2.05, 4.69) is 26.3 Å². The van der Waals surface area contributed by atoms with Crippen LogP contribution in [0.4, 0.5) is 33.2 Å². The number of carbonyl (C=O) groups is 2. The molecule has 3 aromatic carbocycles. The van der Waals surface area contributed by atoms with E-state index in [0.717, 1.165) is 33.9 Å². The van der Waals surface area contributed by atoms with Crippen LogP contribution in [0.3, 0.4) is 0 Å². The van der Waals surface area contributed by atoms with Gasteiger partial charge in [0.15, 0.2) is 0 Å². The lowest BCUT2D eigenvalue weighted by Crippen LogP contribution is -2.19. The number of halogens is 1. The molecule has 0 radical (unpaired) electrons. The minimum atomic E-state index is -0.358. The van der Waals surface area contributed by atoms with Crippen LogP contribution >= 0.6 is 11.6 Å². The summed E-state index contributed by atoms with van der Waals surface area (Å²) in [7, 11) is 0. The zero-order valence-electron chi connectivity index (χ0n) is 18.8. The second kappa shape index (κ2) is 9.40. The minimum Gasteiger partial charge on any atom is -0.362 e. The summed E-state index contributed by atoms with van der Waals surface area (Å²) in [4.78, 5) is 28.0. The molecule has 0 atom stereocenters. The Morgan fingerprint density at radius 2 is 1.66 bits per heavy atom. The number of anilines is 5. The molecule has 0 bridgehead atoms. The Hall–Kier alpha value is -4.49. The Morgan fingerprint density at radius 1 is 0.914 bits per heavy atom. The molecule has 0 aliphatic carbocycles. The molecule has 2 heterocycles. The molecule has 0 fully saturated rings. The fraction of sp³-hybridized carbons (Fsp3) is 0.0370. The number of hydrogen-bond acceptors (Lipinski definition) is 3. The highest BCUT2D eigenvalue weighted by atomic mass is 35.5. The summed E-state index contributed by atoms with van der Waals surface area (Å²) in [6.45, 7) is 1.98. The lowest BCUT2D eigenvalue weighted by Gasteiger charge is -2.14. The molecular weight excluding hydrogens is 462 g/mol. The van der Waals surface area contributed by atoms with E-state index in [4.69, 9.17) is 11.6 Å². The first-order chi connectivity index (χ1) is 16.9. The van der Waals surface area contributed by atoms with Gasteiger partial charge in [-0.2, -0.15) is 0 Å². The number of H-pyrrole nitrogens is 1. The molecule has 7 nitrogen and oxygen atoms in total. The number of aromatic amines is 1. The highest BCUT2D eigenvalue weighted by Crippen LogP contribution is 2.36. The topological polar surface area (TPSA) is 98.0 Å². The maximum atomic E-state index is 12.5. The molecule has 174 valence electrons. The van der Waals surface area contributed by atoms with E-state index >= 15 is 0 Å². The van der Waals surface area contributed by atoms with E-state index in [1.165, 1.54) is 0 Å². The molecule has 4 aromatic rings. The van der Waals surface area contributed by atoms with Crippen LogP contribution in [-0.2, 0) is 4.79 Å². The van der Waals surface area contributed by atoms with Crippen molar-refractivity contribution >= 4 is 63.6 Å². The van der Waals surface area contributed by atoms with Gasteiger partial charge in [0.1, 0.15) is 0 Å². The summed E-state index contributed by atoms with van der Waals surface area (Å²) in [6.07, 6.45) is 3.66. The van der Waals surface area contributed by atoms with Gasteiger partial charge < -0.3 is 26.3 Å². The third-order valence-corrected chi connectivity index (χ3v) is 5.85. The van der Waals surface area contributed by atoms with Crippen LogP contribution in [0.1, 0.15) is 16.8 Å². The zero-order chi connectivity index (χ0) is 24.4. The molecule has 1 aromatic heterocycles. The highest BCUT2D eigenvalue weighted by Gasteiger charge is 2.24. The predicted octanol–water partition coefficient (Wildman–Crippen LogP) is 6.86. The van der Waals surface area contributed by atoms with Crippen molar-refractivity contribution in [2.45, 2.75) is 6.92 Å². The number of benzene rings is 3. The first-order valence-corrected chi connectivity index (χ1v) is 11.3. The van der Waals surface area contributed by atoms with Gasteiger partial charge in [-0.1, -0.05) is 23.7 Å². The minimum absolute atomic E-state index is 0.138. The maximum absolute atomic E-state index is 12.5. The molecule has 8 heteroatoms. The third kappa shape index (κ3) is 5.05. The van der Waals surface area contributed by atoms with Crippen molar-refractivity contribution in [3.05, 3.63) is 101 Å². The fourth-order valence-corrected chi connectivity index (χ4v) is 3.95. The molecule has 0 spiro atoms. The maximum Gasteiger partial charge on any atom is 0.323 e. The predicted molar refractivity (Wildman–Crippen MR) is 142 cm³/mol. The van der Waals surface area contributed by atoms with E-state index in [1.54, 1.807) is 24.3 Å². The van der Waals surface area contributed by atoms with Crippen LogP contribution in [0.25, 0.3) is 11.6 Å². The van der Waals surface area contributed by atoms with E-state index in [9.17, 15) is 9.59 Å². The summed E-state index contributed by atoms with van der Waals surface area (Å²) in [5.41, 5.74) is 7.00. The Balaban J connectivity index is 1.31. The van der Waals surface area contributed by atoms with E-state index < -0.39 is 0 Å². The second-order valence-electron chi connectivity index (χ2n) is 8.14. The van der Waals surface area contributed by atoms with Crippen LogP contribution in [0.15, 0.2) is 79.0 Å². The quantitative estimate of drug-likeness (QED) is 0.201. The van der Waals surface area contributed by atoms with Crippen LogP contribution in [0.2, 0.25) is 5.02 Å². The zero-order valence-corrected chi connectivity index (χ0v) is 19.5. The van der Waals surface area contributed by atoms with Gasteiger partial charge >= 0.3 is 6.03 Å². The largest absolute Gasteiger partial charge is 0.362 e. The molecule has 5 rings (SSSR count). The normalized spacial score (nSPS) is 13.3. The Morgan fingerprint density at radius 3 is 2.43 bits per heavy atom. The Labute approximate surface area is 207 Å². The van der Waals surface area contributed by atoms with Crippen molar-refractivity contribution < 1.29 is 9.59 Å². The molecule has 5 N–H and O–H groups in total. The van der Waals surface area contributed by atoms with Crippen molar-refractivity contribution in [3.8, 4) is 0 Å². The fourth-order valence-electron chi connectivity index (χ4n) is 3.82. The molecular formula is C27H22ClN5O2. The van der Waals surface area contributed by atoms with E-state index in [0.29, 0.717) is 22.0 Å². The smallest absolute Gasteiger partial charge is 0.323 e. The Kier molecular flexibility index (Phi) is 5.99. The number of carbonyl (C=O) groups excluding carboxylic acids is 2. The number of hydrogen-bond donors (Lipinski definition) is 5. The summed E-state index contributed by atoms with van der Waals surface area (Å²) in [5.74, 6) is -0.138. The van der Waals surface area contributed by atoms with Crippen molar-refractivity contribution in [2.75, 3.05) is 21.3 Å². The van der Waals surface area contributed by atoms with E-state index in [-0.39, 0.29) is 11.9 Å². The standard InChI is InChI=1S/C27H22ClN5O2/c1-16-4-7-21(32-27(35)31-18-8-5-17(28)6-9-18)14-24(16)30-20-10-11-22-23(13-19-3-2-12-29-19)26(34)33-25(22)15-20/h2-15,29-30H,1H3,(H,33,34)(H2,31,32,35)/b23-13+. The van der Waals surface area contributed by atoms with Crippen molar-refractivity contribution in [2.24, 2.45) is 0 Å². The lowest BCUT2D eigenvalue weighted by molar-refractivity contribution is -0.110. The number of aryl methyl sites for hydroxylation is 1. The van der Waals surface area contributed by atoms with Crippen molar-refractivity contribution in [1.29, 1.82) is 0 Å². The van der Waals surface area contributed by atoms with Gasteiger partial charge in [-0.3, -0.25) is 4.79 Å². The monoisotopic (exact) mass is 483 g/mol. The third-order valence-electron chi connectivity index (χ3n) is 5.60. The van der Waals surface area contributed by atoms with Gasteiger partial charge in [0.2, 0.25) is 0 Å². The van der Waals surface area contributed by atoms with E-state index in [1.807, 2.05) is 67.7 Å². The van der Waals surface area contributed by atoms with Gasteiger partial charge in [-0.15, -0.1) is 0 Å². The van der Waals surface area contributed by atoms with Crippen LogP contribution < -0.4 is 21.3 Å². The number of amides is 3. The molecule has 1 aliphatic rings. The molecule has 0 unspecified atom stereocenters. The Bertz CT molecular complexity index is 1440. The first kappa shape index (κ1) is 22.3. The summed E-state index contributed by atoms with van der Waals surface area (Å²) >= 11 is 5.89. The van der Waals surface area contributed by atoms with Gasteiger partial charge in [0, 0.05) is 45.2 Å². The van der Waals surface area contributed by atoms with Gasteiger partial charge in [0.25, 0.3) is 5.91 Å². The summed E-state index contributed by atoms with van der Waals surface area (Å²) in [5, 5.41) is 12.5. The van der Waals surface area contributed by atoms with Crippen LogP contribution in [-0.4, -0.2) is 16.9 Å².